The zero-order chi connectivity index (χ0) is 21.5. The van der Waals surface area contributed by atoms with E-state index in [4.69, 9.17) is 0 Å². The van der Waals surface area contributed by atoms with Crippen LogP contribution in [0.5, 0.6) is 0 Å². The summed E-state index contributed by atoms with van der Waals surface area (Å²) in [7, 11) is 0. The number of rotatable bonds is 3. The van der Waals surface area contributed by atoms with E-state index in [1.807, 2.05) is 13.8 Å². The molecule has 1 saturated heterocycles. The number of hydrogen-bond acceptors (Lipinski definition) is 4. The maximum absolute atomic E-state index is 13.0. The molecule has 0 saturated carbocycles. The molecule has 0 atom stereocenters. The molecule has 158 valence electrons. The monoisotopic (exact) mass is 407 g/mol. The minimum atomic E-state index is -0.397. The van der Waals surface area contributed by atoms with E-state index in [1.165, 1.54) is 17.2 Å². The van der Waals surface area contributed by atoms with E-state index >= 15 is 0 Å². The molecule has 0 bridgehead atoms. The normalized spacial score (nSPS) is 18.9. The fourth-order valence-electron chi connectivity index (χ4n) is 4.53. The second kappa shape index (κ2) is 7.84. The largest absolute Gasteiger partial charge is 0.336 e. The maximum Gasteiger partial charge on any atom is 0.261 e. The van der Waals surface area contributed by atoms with E-state index < -0.39 is 5.56 Å². The van der Waals surface area contributed by atoms with Gasteiger partial charge in [0.1, 0.15) is 5.56 Å². The second-order valence-electron chi connectivity index (χ2n) is 9.40. The highest BCUT2D eigenvalue weighted by Crippen LogP contribution is 2.33. The Kier molecular flexibility index (Phi) is 5.36. The molecule has 1 aromatic heterocycles. The first-order valence-corrected chi connectivity index (χ1v) is 10.6. The van der Waals surface area contributed by atoms with Gasteiger partial charge in [-0.3, -0.25) is 19.3 Å². The van der Waals surface area contributed by atoms with Crippen molar-refractivity contribution in [2.45, 2.75) is 40.2 Å². The van der Waals surface area contributed by atoms with Crippen LogP contribution in [0.2, 0.25) is 0 Å². The molecule has 2 aliphatic rings. The van der Waals surface area contributed by atoms with Crippen molar-refractivity contribution in [3.63, 3.8) is 0 Å². The third-order valence-electron chi connectivity index (χ3n) is 6.10. The van der Waals surface area contributed by atoms with E-state index in [0.29, 0.717) is 37.2 Å². The zero-order valence-corrected chi connectivity index (χ0v) is 18.0. The number of hydrogen-bond donors (Lipinski definition) is 1. The van der Waals surface area contributed by atoms with Crippen LogP contribution in [-0.4, -0.2) is 52.7 Å². The summed E-state index contributed by atoms with van der Waals surface area (Å²) >= 11 is 0. The molecule has 0 unspecified atom stereocenters. The van der Waals surface area contributed by atoms with Crippen LogP contribution in [0.3, 0.4) is 0 Å². The van der Waals surface area contributed by atoms with Crippen LogP contribution in [0, 0.1) is 12.3 Å². The first kappa shape index (κ1) is 20.5. The Morgan fingerprint density at radius 2 is 1.80 bits per heavy atom. The lowest BCUT2D eigenvalue weighted by molar-refractivity contribution is 0.0626. The number of carbonyl (C=O) groups is 2. The minimum Gasteiger partial charge on any atom is -0.336 e. The van der Waals surface area contributed by atoms with E-state index in [9.17, 15) is 14.4 Å². The average Bonchev–Trinajstić information content (AvgIpc) is 2.67. The lowest BCUT2D eigenvalue weighted by atomic mass is 9.75. The van der Waals surface area contributed by atoms with Crippen molar-refractivity contribution in [3.05, 3.63) is 68.6 Å². The maximum atomic E-state index is 13.0. The van der Waals surface area contributed by atoms with Gasteiger partial charge in [-0.25, -0.2) is 0 Å². The molecule has 2 heterocycles. The van der Waals surface area contributed by atoms with Gasteiger partial charge in [0.05, 0.1) is 0 Å². The lowest BCUT2D eigenvalue weighted by Crippen LogP contribution is -2.49. The summed E-state index contributed by atoms with van der Waals surface area (Å²) in [6.45, 7) is 9.63. The quantitative estimate of drug-likeness (QED) is 0.849. The number of piperazine rings is 1. The van der Waals surface area contributed by atoms with Crippen molar-refractivity contribution in [3.8, 4) is 0 Å². The first-order chi connectivity index (χ1) is 14.2. The van der Waals surface area contributed by atoms with Crippen LogP contribution in [0.1, 0.15) is 57.8 Å². The molecule has 1 aromatic carbocycles. The van der Waals surface area contributed by atoms with Crippen LogP contribution in [0.4, 0.5) is 0 Å². The van der Waals surface area contributed by atoms with Crippen LogP contribution < -0.4 is 5.56 Å². The standard InChI is InChI=1S/C24H29N3O3/c1-16-5-4-6-17(11-16)15-26-7-9-27(10-8-26)23(30)19-12-18-20(25-22(19)29)13-24(2,3)14-21(18)28/h4-6,11-12H,7-10,13-15H2,1-3H3,(H,25,29). The molecule has 1 aliphatic heterocycles. The van der Waals surface area contributed by atoms with E-state index in [2.05, 4.69) is 41.1 Å². The van der Waals surface area contributed by atoms with Crippen molar-refractivity contribution in [1.82, 2.24) is 14.8 Å². The Bertz CT molecular complexity index is 1050. The summed E-state index contributed by atoms with van der Waals surface area (Å²) in [6.07, 6.45) is 1.06. The molecule has 1 fully saturated rings. The first-order valence-electron chi connectivity index (χ1n) is 10.6. The van der Waals surface area contributed by atoms with Gasteiger partial charge in [-0.1, -0.05) is 43.7 Å². The molecule has 1 aliphatic carbocycles. The molecular weight excluding hydrogens is 378 g/mol. The average molecular weight is 408 g/mol. The summed E-state index contributed by atoms with van der Waals surface area (Å²) in [6, 6.07) is 9.97. The van der Waals surface area contributed by atoms with E-state index in [-0.39, 0.29) is 22.7 Å². The molecule has 1 N–H and O–H groups in total. The van der Waals surface area contributed by atoms with Gasteiger partial charge in [0.15, 0.2) is 5.78 Å². The summed E-state index contributed by atoms with van der Waals surface area (Å²) < 4.78 is 0. The number of amides is 1. The smallest absolute Gasteiger partial charge is 0.261 e. The number of aromatic amines is 1. The fraction of sp³-hybridized carbons (Fsp3) is 0.458. The molecule has 30 heavy (non-hydrogen) atoms. The Morgan fingerprint density at radius 1 is 1.07 bits per heavy atom. The van der Waals surface area contributed by atoms with Gasteiger partial charge < -0.3 is 9.88 Å². The number of nitrogens with zero attached hydrogens (tertiary/aromatic N) is 2. The number of carbonyl (C=O) groups excluding carboxylic acids is 2. The minimum absolute atomic E-state index is 0.00507. The fourth-order valence-corrected chi connectivity index (χ4v) is 4.53. The molecule has 6 heteroatoms. The molecule has 0 spiro atoms. The predicted octanol–water partition coefficient (Wildman–Crippen LogP) is 2.80. The van der Waals surface area contributed by atoms with Crippen LogP contribution in [0.15, 0.2) is 35.1 Å². The van der Waals surface area contributed by atoms with Crippen LogP contribution >= 0.6 is 0 Å². The van der Waals surface area contributed by atoms with E-state index in [1.54, 1.807) is 4.90 Å². The molecule has 6 nitrogen and oxygen atoms in total. The number of ketones is 1. The van der Waals surface area contributed by atoms with Crippen molar-refractivity contribution in [1.29, 1.82) is 0 Å². The van der Waals surface area contributed by atoms with Crippen LogP contribution in [-0.2, 0) is 13.0 Å². The number of H-pyrrole nitrogens is 1. The highest BCUT2D eigenvalue weighted by molar-refractivity contribution is 6.02. The van der Waals surface area contributed by atoms with Gasteiger partial charge in [-0.2, -0.15) is 0 Å². The van der Waals surface area contributed by atoms with E-state index in [0.717, 1.165) is 19.6 Å². The number of aromatic nitrogens is 1. The number of aryl methyl sites for hydroxylation is 1. The summed E-state index contributed by atoms with van der Waals surface area (Å²) in [5.74, 6) is -0.290. The third-order valence-corrected chi connectivity index (χ3v) is 6.10. The van der Waals surface area contributed by atoms with Crippen LogP contribution in [0.25, 0.3) is 0 Å². The van der Waals surface area contributed by atoms with Gasteiger partial charge in [0.2, 0.25) is 0 Å². The zero-order valence-electron chi connectivity index (χ0n) is 18.0. The lowest BCUT2D eigenvalue weighted by Gasteiger charge is -2.35. The summed E-state index contributed by atoms with van der Waals surface area (Å²) in [5, 5.41) is 0. The Labute approximate surface area is 176 Å². The van der Waals surface area contributed by atoms with Crippen molar-refractivity contribution < 1.29 is 9.59 Å². The highest BCUT2D eigenvalue weighted by Gasteiger charge is 2.33. The topological polar surface area (TPSA) is 73.5 Å². The van der Waals surface area contributed by atoms with Gasteiger partial charge in [0, 0.05) is 50.4 Å². The van der Waals surface area contributed by atoms with Crippen molar-refractivity contribution in [2.24, 2.45) is 5.41 Å². The number of Topliss-reactive ketones (excluding diaryl/α,β-unsaturated/α-hetero) is 1. The van der Waals surface area contributed by atoms with Crippen molar-refractivity contribution >= 4 is 11.7 Å². The van der Waals surface area contributed by atoms with Gasteiger partial charge in [-0.05, 0) is 30.4 Å². The number of benzene rings is 1. The van der Waals surface area contributed by atoms with Crippen molar-refractivity contribution in [2.75, 3.05) is 26.2 Å². The SMILES string of the molecule is Cc1cccc(CN2CCN(C(=O)c3cc4c([nH]c3=O)CC(C)(C)CC4=O)CC2)c1. The predicted molar refractivity (Wildman–Crippen MR) is 116 cm³/mol. The molecule has 0 radical (unpaired) electrons. The molecule has 4 rings (SSSR count). The third kappa shape index (κ3) is 4.24. The summed E-state index contributed by atoms with van der Waals surface area (Å²) in [4.78, 5) is 45.0. The number of nitrogens with one attached hydrogen (secondary N) is 1. The molecular formula is C24H29N3O3. The second-order valence-corrected chi connectivity index (χ2v) is 9.40. The number of fused-ring (bicyclic) bond motifs is 1. The Balaban J connectivity index is 1.45. The highest BCUT2D eigenvalue weighted by atomic mass is 16.2. The van der Waals surface area contributed by atoms with Gasteiger partial charge >= 0.3 is 0 Å². The van der Waals surface area contributed by atoms with Gasteiger partial charge in [0.25, 0.3) is 11.5 Å². The number of pyridine rings is 1. The Morgan fingerprint density at radius 3 is 2.50 bits per heavy atom. The molecule has 1 amide bonds. The molecule has 2 aromatic rings. The Hall–Kier alpha value is -2.73. The van der Waals surface area contributed by atoms with Gasteiger partial charge in [-0.15, -0.1) is 0 Å². The summed E-state index contributed by atoms with van der Waals surface area (Å²) in [5.41, 5.74) is 3.16.